The van der Waals surface area contributed by atoms with Crippen molar-refractivity contribution in [1.29, 1.82) is 0 Å². The third-order valence-corrected chi connectivity index (χ3v) is 5.22. The van der Waals surface area contributed by atoms with Gasteiger partial charge in [0.25, 0.3) is 0 Å². The van der Waals surface area contributed by atoms with Crippen LogP contribution in [-0.2, 0) is 4.79 Å². The first-order chi connectivity index (χ1) is 11.1. The number of nitrogens with zero attached hydrogens (tertiary/aromatic N) is 1. The molecule has 2 aliphatic rings. The summed E-state index contributed by atoms with van der Waals surface area (Å²) in [7, 11) is 1.96. The van der Waals surface area contributed by atoms with Crippen LogP contribution in [0.15, 0.2) is 18.2 Å². The number of hydrogen-bond acceptors (Lipinski definition) is 2. The molecular formula is C18H25ClF2N2O. The van der Waals surface area contributed by atoms with Crippen molar-refractivity contribution in [1.82, 2.24) is 10.2 Å². The second-order valence-electron chi connectivity index (χ2n) is 6.75. The molecule has 2 unspecified atom stereocenters. The number of rotatable bonds is 5. The van der Waals surface area contributed by atoms with Crippen LogP contribution in [-0.4, -0.2) is 37.5 Å². The van der Waals surface area contributed by atoms with E-state index in [1.807, 2.05) is 11.9 Å². The topological polar surface area (TPSA) is 32.3 Å². The fourth-order valence-corrected chi connectivity index (χ4v) is 3.64. The highest BCUT2D eigenvalue weighted by atomic mass is 35.5. The molecule has 2 atom stereocenters. The minimum absolute atomic E-state index is 0. The summed E-state index contributed by atoms with van der Waals surface area (Å²) >= 11 is 0. The van der Waals surface area contributed by atoms with Gasteiger partial charge in [-0.2, -0.15) is 0 Å². The van der Waals surface area contributed by atoms with Crippen molar-refractivity contribution < 1.29 is 13.6 Å². The van der Waals surface area contributed by atoms with Crippen LogP contribution in [0.4, 0.5) is 8.78 Å². The zero-order chi connectivity index (χ0) is 16.4. The van der Waals surface area contributed by atoms with E-state index < -0.39 is 11.6 Å². The first-order valence-electron chi connectivity index (χ1n) is 8.49. The van der Waals surface area contributed by atoms with Crippen molar-refractivity contribution in [3.63, 3.8) is 0 Å². The first kappa shape index (κ1) is 19.1. The molecule has 1 amide bonds. The maximum atomic E-state index is 13.8. The van der Waals surface area contributed by atoms with Crippen molar-refractivity contribution >= 4 is 18.3 Å². The lowest BCUT2D eigenvalue weighted by Gasteiger charge is -2.32. The molecule has 0 radical (unpaired) electrons. The molecule has 0 aromatic heterocycles. The predicted octanol–water partition coefficient (Wildman–Crippen LogP) is 3.34. The van der Waals surface area contributed by atoms with E-state index in [0.717, 1.165) is 45.0 Å². The van der Waals surface area contributed by atoms with Gasteiger partial charge in [-0.15, -0.1) is 12.4 Å². The monoisotopic (exact) mass is 358 g/mol. The van der Waals surface area contributed by atoms with Gasteiger partial charge in [-0.3, -0.25) is 4.79 Å². The molecule has 1 aromatic carbocycles. The average Bonchev–Trinajstić information content (AvgIpc) is 3.36. The van der Waals surface area contributed by atoms with Gasteiger partial charge in [0.2, 0.25) is 5.91 Å². The second kappa shape index (κ2) is 8.26. The Bertz CT molecular complexity index is 576. The molecule has 0 spiro atoms. The largest absolute Gasteiger partial charge is 0.342 e. The molecule has 0 bridgehead atoms. The van der Waals surface area contributed by atoms with Crippen molar-refractivity contribution in [2.45, 2.75) is 31.6 Å². The Morgan fingerprint density at radius 3 is 2.67 bits per heavy atom. The van der Waals surface area contributed by atoms with Gasteiger partial charge in [0.15, 0.2) is 11.6 Å². The average molecular weight is 359 g/mol. The van der Waals surface area contributed by atoms with Crippen LogP contribution in [0, 0.1) is 23.5 Å². The third kappa shape index (κ3) is 4.06. The first-order valence-corrected chi connectivity index (χ1v) is 8.49. The van der Waals surface area contributed by atoms with Crippen LogP contribution < -0.4 is 5.32 Å². The van der Waals surface area contributed by atoms with Gasteiger partial charge in [0.1, 0.15) is 0 Å². The van der Waals surface area contributed by atoms with E-state index in [1.54, 1.807) is 6.07 Å². The molecule has 1 aliphatic carbocycles. The number of carbonyl (C=O) groups excluding carboxylic acids is 1. The smallest absolute Gasteiger partial charge is 0.226 e. The third-order valence-electron chi connectivity index (χ3n) is 5.22. The number of nitrogens with one attached hydrogen (secondary N) is 1. The van der Waals surface area contributed by atoms with E-state index in [-0.39, 0.29) is 30.2 Å². The lowest BCUT2D eigenvalue weighted by atomic mass is 9.93. The zero-order valence-corrected chi connectivity index (χ0v) is 14.7. The SMILES string of the molecule is CNCCC1CCN(C(=O)C2CC2c2cccc(F)c2F)CC1.Cl. The minimum Gasteiger partial charge on any atom is -0.342 e. The number of hydrogen-bond donors (Lipinski definition) is 1. The van der Waals surface area contributed by atoms with Crippen molar-refractivity contribution in [3.8, 4) is 0 Å². The molecule has 3 nitrogen and oxygen atoms in total. The maximum Gasteiger partial charge on any atom is 0.226 e. The van der Waals surface area contributed by atoms with Crippen LogP contribution in [0.5, 0.6) is 0 Å². The summed E-state index contributed by atoms with van der Waals surface area (Å²) in [6.45, 7) is 2.60. The molecule has 3 rings (SSSR count). The Morgan fingerprint density at radius 1 is 1.29 bits per heavy atom. The number of halogens is 3. The van der Waals surface area contributed by atoms with Crippen LogP contribution in [0.3, 0.4) is 0 Å². The van der Waals surface area contributed by atoms with Crippen LogP contribution >= 0.6 is 12.4 Å². The molecule has 134 valence electrons. The van der Waals surface area contributed by atoms with Crippen molar-refractivity contribution in [2.75, 3.05) is 26.7 Å². The van der Waals surface area contributed by atoms with Gasteiger partial charge in [0.05, 0.1) is 0 Å². The Kier molecular flexibility index (Phi) is 6.58. The maximum absolute atomic E-state index is 13.8. The fraction of sp³-hybridized carbons (Fsp3) is 0.611. The van der Waals surface area contributed by atoms with Crippen LogP contribution in [0.25, 0.3) is 0 Å². The lowest BCUT2D eigenvalue weighted by molar-refractivity contribution is -0.134. The Balaban J connectivity index is 0.00000208. The van der Waals surface area contributed by atoms with E-state index >= 15 is 0 Å². The molecule has 2 fully saturated rings. The van der Waals surface area contributed by atoms with Crippen LogP contribution in [0.1, 0.15) is 37.2 Å². The van der Waals surface area contributed by atoms with Gasteiger partial charge in [-0.05, 0) is 62.7 Å². The van der Waals surface area contributed by atoms with E-state index in [1.165, 1.54) is 6.07 Å². The summed E-state index contributed by atoms with van der Waals surface area (Å²) in [5, 5.41) is 3.16. The molecule has 6 heteroatoms. The fourth-order valence-electron chi connectivity index (χ4n) is 3.64. The molecule has 1 saturated carbocycles. The van der Waals surface area contributed by atoms with E-state index in [4.69, 9.17) is 0 Å². The van der Waals surface area contributed by atoms with Gasteiger partial charge < -0.3 is 10.2 Å². The highest BCUT2D eigenvalue weighted by Crippen LogP contribution is 2.49. The highest BCUT2D eigenvalue weighted by Gasteiger charge is 2.47. The molecule has 24 heavy (non-hydrogen) atoms. The quantitative estimate of drug-likeness (QED) is 0.875. The molecule has 1 heterocycles. The van der Waals surface area contributed by atoms with Gasteiger partial charge in [-0.1, -0.05) is 12.1 Å². The lowest BCUT2D eigenvalue weighted by Crippen LogP contribution is -2.40. The second-order valence-corrected chi connectivity index (χ2v) is 6.75. The van der Waals surface area contributed by atoms with E-state index in [2.05, 4.69) is 5.32 Å². The summed E-state index contributed by atoms with van der Waals surface area (Å²) in [6.07, 6.45) is 3.87. The van der Waals surface area contributed by atoms with Gasteiger partial charge in [0, 0.05) is 19.0 Å². The van der Waals surface area contributed by atoms with E-state index in [9.17, 15) is 13.6 Å². The van der Waals surface area contributed by atoms with Gasteiger partial charge in [-0.25, -0.2) is 8.78 Å². The standard InChI is InChI=1S/C18H24F2N2O.ClH/c1-21-8-5-12-6-9-22(10-7-12)18(23)15-11-14(15)13-3-2-4-16(19)17(13)20;/h2-4,12,14-15,21H,5-11H2,1H3;1H. The number of carbonyl (C=O) groups is 1. The van der Waals surface area contributed by atoms with Gasteiger partial charge >= 0.3 is 0 Å². The minimum atomic E-state index is -0.828. The molecule has 1 aromatic rings. The Labute approximate surface area is 148 Å². The van der Waals surface area contributed by atoms with Crippen LogP contribution in [0.2, 0.25) is 0 Å². The normalized spacial score (nSPS) is 23.7. The summed E-state index contributed by atoms with van der Waals surface area (Å²) in [4.78, 5) is 14.5. The van der Waals surface area contributed by atoms with Crippen molar-refractivity contribution in [2.24, 2.45) is 11.8 Å². The summed E-state index contributed by atoms with van der Waals surface area (Å²) in [5.74, 6) is -1.14. The molecule has 1 aliphatic heterocycles. The summed E-state index contributed by atoms with van der Waals surface area (Å²) < 4.78 is 27.2. The number of likely N-dealkylation sites (tertiary alicyclic amines) is 1. The number of amides is 1. The summed E-state index contributed by atoms with van der Waals surface area (Å²) in [5.41, 5.74) is 0.354. The predicted molar refractivity (Wildman–Crippen MR) is 92.3 cm³/mol. The number of piperidine rings is 1. The summed E-state index contributed by atoms with van der Waals surface area (Å²) in [6, 6.07) is 4.23. The molecular weight excluding hydrogens is 334 g/mol. The molecule has 1 N–H and O–H groups in total. The number of benzene rings is 1. The Hall–Kier alpha value is -1.20. The highest BCUT2D eigenvalue weighted by molar-refractivity contribution is 5.85. The Morgan fingerprint density at radius 2 is 2.00 bits per heavy atom. The zero-order valence-electron chi connectivity index (χ0n) is 13.9. The van der Waals surface area contributed by atoms with Crippen molar-refractivity contribution in [3.05, 3.63) is 35.4 Å². The molecule has 1 saturated heterocycles. The van der Waals surface area contributed by atoms with E-state index in [0.29, 0.717) is 17.9 Å².